The molecule has 0 aliphatic carbocycles. The molecule has 10 nitrogen and oxygen atoms in total. The van der Waals surface area contributed by atoms with Crippen LogP contribution in [0.15, 0.2) is 47.6 Å². The Balaban J connectivity index is 1.77. The largest absolute Gasteiger partial charge is 0.381 e. The van der Waals surface area contributed by atoms with Crippen LogP contribution in [0, 0.1) is 16.0 Å². The fraction of sp³-hybridized carbons (Fsp3) is 0.333. The van der Waals surface area contributed by atoms with E-state index in [1.165, 1.54) is 36.7 Å². The summed E-state index contributed by atoms with van der Waals surface area (Å²) in [7, 11) is -4.29. The van der Waals surface area contributed by atoms with Crippen LogP contribution in [0.1, 0.15) is 23.2 Å². The fourth-order valence-corrected chi connectivity index (χ4v) is 3.91. The van der Waals surface area contributed by atoms with E-state index in [0.29, 0.717) is 25.7 Å². The first-order valence-electron chi connectivity index (χ1n) is 8.94. The van der Waals surface area contributed by atoms with Crippen molar-refractivity contribution in [3.8, 4) is 0 Å². The van der Waals surface area contributed by atoms with Crippen LogP contribution in [0.3, 0.4) is 0 Å². The Hall–Kier alpha value is -3.05. The van der Waals surface area contributed by atoms with Gasteiger partial charge in [0.05, 0.1) is 15.4 Å². The van der Waals surface area contributed by atoms with E-state index in [2.05, 4.69) is 10.3 Å². The van der Waals surface area contributed by atoms with Crippen molar-refractivity contribution in [1.82, 2.24) is 9.71 Å². The SMILES string of the molecule is O=C(NS(=O)(=O)c1ccc(NCC2CCOCC2)c([N+](=O)[O-])c1)c1cccnc1. The number of nitro groups is 1. The lowest BCUT2D eigenvalue weighted by Crippen LogP contribution is -2.30. The Morgan fingerprint density at radius 3 is 2.69 bits per heavy atom. The number of rotatable bonds is 7. The minimum absolute atomic E-state index is 0.0559. The lowest BCUT2D eigenvalue weighted by atomic mass is 10.0. The molecule has 0 saturated carbocycles. The number of nitrogens with one attached hydrogen (secondary N) is 2. The van der Waals surface area contributed by atoms with Crippen LogP contribution < -0.4 is 10.0 Å². The third-order valence-corrected chi connectivity index (χ3v) is 5.88. The highest BCUT2D eigenvalue weighted by Crippen LogP contribution is 2.28. The molecule has 2 heterocycles. The molecule has 0 atom stereocenters. The zero-order chi connectivity index (χ0) is 20.9. The molecule has 11 heteroatoms. The lowest BCUT2D eigenvalue weighted by Gasteiger charge is -2.22. The number of carbonyl (C=O) groups is 1. The average molecular weight is 420 g/mol. The van der Waals surface area contributed by atoms with Crippen LogP contribution >= 0.6 is 0 Å². The van der Waals surface area contributed by atoms with Crippen LogP contribution in [0.5, 0.6) is 0 Å². The number of carbonyl (C=O) groups excluding carboxylic acids is 1. The van der Waals surface area contributed by atoms with Crippen LogP contribution in [0.2, 0.25) is 0 Å². The normalized spacial score (nSPS) is 14.9. The van der Waals surface area contributed by atoms with Gasteiger partial charge >= 0.3 is 0 Å². The van der Waals surface area contributed by atoms with E-state index in [1.54, 1.807) is 0 Å². The quantitative estimate of drug-likeness (QED) is 0.511. The molecular weight excluding hydrogens is 400 g/mol. The Labute approximate surface area is 167 Å². The van der Waals surface area contributed by atoms with Crippen LogP contribution in [0.25, 0.3) is 0 Å². The predicted molar refractivity (Wildman–Crippen MR) is 104 cm³/mol. The van der Waals surface area contributed by atoms with Gasteiger partial charge in [0.25, 0.3) is 21.6 Å². The molecule has 154 valence electrons. The zero-order valence-electron chi connectivity index (χ0n) is 15.4. The van der Waals surface area contributed by atoms with Gasteiger partial charge in [-0.2, -0.15) is 0 Å². The second-order valence-electron chi connectivity index (χ2n) is 6.55. The van der Waals surface area contributed by atoms with Crippen molar-refractivity contribution in [1.29, 1.82) is 0 Å². The molecule has 0 unspecified atom stereocenters. The summed E-state index contributed by atoms with van der Waals surface area (Å²) in [5.41, 5.74) is -0.104. The van der Waals surface area contributed by atoms with Crippen molar-refractivity contribution in [2.75, 3.05) is 25.1 Å². The number of aromatic nitrogens is 1. The van der Waals surface area contributed by atoms with Gasteiger partial charge in [0.2, 0.25) is 0 Å². The standard InChI is InChI=1S/C18H20N4O6S/c23-18(14-2-1-7-19-12-14)21-29(26,27)15-3-4-16(17(10-15)22(24)25)20-11-13-5-8-28-9-6-13/h1-4,7,10,12-13,20H,5-6,8-9,11H2,(H,21,23). The van der Waals surface area contributed by atoms with Crippen molar-refractivity contribution in [3.63, 3.8) is 0 Å². The first kappa shape index (κ1) is 20.7. The number of sulfonamides is 1. The van der Waals surface area contributed by atoms with Crippen molar-refractivity contribution in [3.05, 3.63) is 58.4 Å². The monoisotopic (exact) mass is 420 g/mol. The minimum atomic E-state index is -4.29. The van der Waals surface area contributed by atoms with E-state index in [4.69, 9.17) is 4.74 Å². The molecule has 0 spiro atoms. The highest BCUT2D eigenvalue weighted by molar-refractivity contribution is 7.90. The number of hydrogen-bond acceptors (Lipinski definition) is 8. The first-order valence-corrected chi connectivity index (χ1v) is 10.4. The van der Waals surface area contributed by atoms with Crippen molar-refractivity contribution in [2.45, 2.75) is 17.7 Å². The fourth-order valence-electron chi connectivity index (χ4n) is 2.92. The highest BCUT2D eigenvalue weighted by atomic mass is 32.2. The van der Waals surface area contributed by atoms with E-state index in [9.17, 15) is 23.3 Å². The molecule has 1 aliphatic rings. The summed E-state index contributed by atoms with van der Waals surface area (Å²) >= 11 is 0. The van der Waals surface area contributed by atoms with Gasteiger partial charge in [0, 0.05) is 38.2 Å². The van der Waals surface area contributed by atoms with Crippen molar-refractivity contribution in [2.24, 2.45) is 5.92 Å². The van der Waals surface area contributed by atoms with Gasteiger partial charge in [-0.25, -0.2) is 13.1 Å². The number of anilines is 1. The molecule has 1 aromatic heterocycles. The molecule has 1 fully saturated rings. The number of nitro benzene ring substituents is 1. The topological polar surface area (TPSA) is 141 Å². The smallest absolute Gasteiger partial charge is 0.293 e. The van der Waals surface area contributed by atoms with Gasteiger partial charge in [-0.1, -0.05) is 0 Å². The van der Waals surface area contributed by atoms with Gasteiger partial charge < -0.3 is 10.1 Å². The number of hydrogen-bond donors (Lipinski definition) is 2. The number of benzene rings is 1. The molecular formula is C18H20N4O6S. The number of pyridine rings is 1. The molecule has 1 aliphatic heterocycles. The maximum Gasteiger partial charge on any atom is 0.293 e. The Morgan fingerprint density at radius 1 is 1.28 bits per heavy atom. The van der Waals surface area contributed by atoms with Gasteiger partial charge in [-0.15, -0.1) is 0 Å². The Bertz CT molecular complexity index is 991. The van der Waals surface area contributed by atoms with Crippen LogP contribution in [-0.2, 0) is 14.8 Å². The Kier molecular flexibility index (Phi) is 6.39. The number of ether oxygens (including phenoxy) is 1. The number of nitrogens with zero attached hydrogens (tertiary/aromatic N) is 2. The summed E-state index contributed by atoms with van der Waals surface area (Å²) in [6.07, 6.45) is 4.37. The molecule has 2 aromatic rings. The van der Waals surface area contributed by atoms with E-state index in [1.807, 2.05) is 4.72 Å². The molecule has 1 amide bonds. The third-order valence-electron chi connectivity index (χ3n) is 4.55. The minimum Gasteiger partial charge on any atom is -0.381 e. The summed E-state index contributed by atoms with van der Waals surface area (Å²) in [5.74, 6) is -0.548. The van der Waals surface area contributed by atoms with Gasteiger partial charge in [0.1, 0.15) is 5.69 Å². The van der Waals surface area contributed by atoms with E-state index >= 15 is 0 Å². The van der Waals surface area contributed by atoms with Gasteiger partial charge in [-0.3, -0.25) is 19.9 Å². The summed E-state index contributed by atoms with van der Waals surface area (Å²) < 4.78 is 32.2. The van der Waals surface area contributed by atoms with Crippen molar-refractivity contribution < 1.29 is 22.9 Å². The Morgan fingerprint density at radius 2 is 2.03 bits per heavy atom. The first-order chi connectivity index (χ1) is 13.9. The average Bonchev–Trinajstić information content (AvgIpc) is 2.73. The summed E-state index contributed by atoms with van der Waals surface area (Å²) in [4.78, 5) is 26.3. The second kappa shape index (κ2) is 8.97. The molecule has 1 aromatic carbocycles. The van der Waals surface area contributed by atoms with Gasteiger partial charge in [0.15, 0.2) is 0 Å². The second-order valence-corrected chi connectivity index (χ2v) is 8.23. The van der Waals surface area contributed by atoms with Crippen LogP contribution in [-0.4, -0.2) is 44.0 Å². The third kappa shape index (κ3) is 5.27. The van der Waals surface area contributed by atoms with E-state index in [0.717, 1.165) is 18.9 Å². The zero-order valence-corrected chi connectivity index (χ0v) is 16.2. The maximum atomic E-state index is 12.5. The predicted octanol–water partition coefficient (Wildman–Crippen LogP) is 1.95. The van der Waals surface area contributed by atoms with E-state index in [-0.39, 0.29) is 21.8 Å². The lowest BCUT2D eigenvalue weighted by molar-refractivity contribution is -0.384. The van der Waals surface area contributed by atoms with Crippen LogP contribution in [0.4, 0.5) is 11.4 Å². The number of amides is 1. The molecule has 3 rings (SSSR count). The summed E-state index contributed by atoms with van der Waals surface area (Å²) in [6, 6.07) is 6.39. The molecule has 29 heavy (non-hydrogen) atoms. The van der Waals surface area contributed by atoms with Crippen molar-refractivity contribution >= 4 is 27.3 Å². The molecule has 1 saturated heterocycles. The highest BCUT2D eigenvalue weighted by Gasteiger charge is 2.24. The summed E-state index contributed by atoms with van der Waals surface area (Å²) in [6.45, 7) is 1.83. The molecule has 0 bridgehead atoms. The summed E-state index contributed by atoms with van der Waals surface area (Å²) in [5, 5.41) is 14.5. The van der Waals surface area contributed by atoms with Gasteiger partial charge in [-0.05, 0) is 43.0 Å². The van der Waals surface area contributed by atoms with E-state index < -0.39 is 20.9 Å². The molecule has 2 N–H and O–H groups in total. The molecule has 0 radical (unpaired) electrons. The maximum absolute atomic E-state index is 12.5.